The minimum absolute atomic E-state index is 0.00538. The number of likely N-dealkylation sites (N-methyl/N-ethyl adjacent to an activating group) is 1. The van der Waals surface area contributed by atoms with Crippen molar-refractivity contribution in [1.29, 1.82) is 0 Å². The van der Waals surface area contributed by atoms with Crippen LogP contribution in [0.3, 0.4) is 0 Å². The van der Waals surface area contributed by atoms with Crippen LogP contribution in [0.15, 0.2) is 24.3 Å². The van der Waals surface area contributed by atoms with Crippen LogP contribution in [0.5, 0.6) is 0 Å². The molecule has 0 aliphatic rings. The molecule has 1 atom stereocenters. The Morgan fingerprint density at radius 2 is 1.78 bits per heavy atom. The van der Waals surface area contributed by atoms with E-state index in [-0.39, 0.29) is 5.91 Å². The maximum absolute atomic E-state index is 11.8. The van der Waals surface area contributed by atoms with Gasteiger partial charge in [0, 0.05) is 33.4 Å². The highest BCUT2D eigenvalue weighted by molar-refractivity contribution is 5.81. The summed E-state index contributed by atoms with van der Waals surface area (Å²) in [6.07, 6.45) is 0.669. The fourth-order valence-electron chi connectivity index (χ4n) is 1.71. The first-order chi connectivity index (χ1) is 8.45. The van der Waals surface area contributed by atoms with Crippen LogP contribution in [-0.2, 0) is 11.3 Å². The SMILES string of the molecule is CC[C@@H](N)C(=O)N(C)Cc1ccc(N(C)C)cc1. The lowest BCUT2D eigenvalue weighted by Crippen LogP contribution is -2.40. The zero-order chi connectivity index (χ0) is 13.7. The Morgan fingerprint density at radius 3 is 2.22 bits per heavy atom. The van der Waals surface area contributed by atoms with Crippen molar-refractivity contribution < 1.29 is 4.79 Å². The molecule has 0 spiro atoms. The smallest absolute Gasteiger partial charge is 0.239 e. The lowest BCUT2D eigenvalue weighted by Gasteiger charge is -2.21. The lowest BCUT2D eigenvalue weighted by atomic mass is 10.1. The standard InChI is InChI=1S/C14H23N3O/c1-5-13(15)14(18)17(4)10-11-6-8-12(9-7-11)16(2)3/h6-9,13H,5,10,15H2,1-4H3/t13-/m1/s1. The molecule has 0 bridgehead atoms. The summed E-state index contributed by atoms with van der Waals surface area (Å²) in [6, 6.07) is 7.78. The monoisotopic (exact) mass is 249 g/mol. The highest BCUT2D eigenvalue weighted by atomic mass is 16.2. The van der Waals surface area contributed by atoms with Crippen LogP contribution in [0.1, 0.15) is 18.9 Å². The summed E-state index contributed by atoms with van der Waals surface area (Å²) in [7, 11) is 5.80. The summed E-state index contributed by atoms with van der Waals surface area (Å²) >= 11 is 0. The average molecular weight is 249 g/mol. The third kappa shape index (κ3) is 3.74. The molecule has 0 heterocycles. The first kappa shape index (κ1) is 14.5. The number of benzene rings is 1. The van der Waals surface area contributed by atoms with Crippen LogP contribution in [0.4, 0.5) is 5.69 Å². The number of anilines is 1. The molecule has 0 aliphatic carbocycles. The summed E-state index contributed by atoms with van der Waals surface area (Å²) < 4.78 is 0. The number of carbonyl (C=O) groups is 1. The van der Waals surface area contributed by atoms with Gasteiger partial charge in [-0.05, 0) is 24.1 Å². The van der Waals surface area contributed by atoms with Crippen molar-refractivity contribution in [1.82, 2.24) is 4.90 Å². The Morgan fingerprint density at radius 1 is 1.22 bits per heavy atom. The Hall–Kier alpha value is -1.55. The minimum atomic E-state index is -0.393. The van der Waals surface area contributed by atoms with Crippen molar-refractivity contribution in [3.63, 3.8) is 0 Å². The van der Waals surface area contributed by atoms with E-state index < -0.39 is 6.04 Å². The highest BCUT2D eigenvalue weighted by Gasteiger charge is 2.15. The summed E-state index contributed by atoms with van der Waals surface area (Å²) in [5.74, 6) is -0.00538. The largest absolute Gasteiger partial charge is 0.378 e. The van der Waals surface area contributed by atoms with Gasteiger partial charge in [-0.2, -0.15) is 0 Å². The van der Waals surface area contributed by atoms with Crippen molar-refractivity contribution in [2.24, 2.45) is 5.73 Å². The summed E-state index contributed by atoms with van der Waals surface area (Å²) in [4.78, 5) is 15.6. The second-order valence-electron chi connectivity index (χ2n) is 4.77. The van der Waals surface area contributed by atoms with Gasteiger partial charge >= 0.3 is 0 Å². The van der Waals surface area contributed by atoms with E-state index in [1.54, 1.807) is 11.9 Å². The van der Waals surface area contributed by atoms with Crippen molar-refractivity contribution in [2.75, 3.05) is 26.0 Å². The van der Waals surface area contributed by atoms with Gasteiger partial charge in [-0.25, -0.2) is 0 Å². The number of nitrogens with two attached hydrogens (primary N) is 1. The quantitative estimate of drug-likeness (QED) is 0.859. The van der Waals surface area contributed by atoms with E-state index in [0.29, 0.717) is 13.0 Å². The number of hydrogen-bond acceptors (Lipinski definition) is 3. The van der Waals surface area contributed by atoms with E-state index in [9.17, 15) is 4.79 Å². The van der Waals surface area contributed by atoms with E-state index >= 15 is 0 Å². The predicted molar refractivity (Wildman–Crippen MR) is 75.5 cm³/mol. The van der Waals surface area contributed by atoms with Crippen LogP contribution < -0.4 is 10.6 Å². The maximum Gasteiger partial charge on any atom is 0.239 e. The molecule has 1 amide bonds. The lowest BCUT2D eigenvalue weighted by molar-refractivity contribution is -0.131. The molecule has 1 rings (SSSR count). The van der Waals surface area contributed by atoms with Crippen LogP contribution in [0.2, 0.25) is 0 Å². The van der Waals surface area contributed by atoms with Gasteiger partial charge in [0.15, 0.2) is 0 Å². The topological polar surface area (TPSA) is 49.6 Å². The van der Waals surface area contributed by atoms with Crippen LogP contribution >= 0.6 is 0 Å². The van der Waals surface area contributed by atoms with E-state index in [0.717, 1.165) is 11.3 Å². The minimum Gasteiger partial charge on any atom is -0.378 e. The molecule has 0 unspecified atom stereocenters. The van der Waals surface area contributed by atoms with Crippen molar-refractivity contribution >= 4 is 11.6 Å². The number of nitrogens with zero attached hydrogens (tertiary/aromatic N) is 2. The first-order valence-electron chi connectivity index (χ1n) is 6.22. The molecule has 100 valence electrons. The van der Waals surface area contributed by atoms with E-state index in [4.69, 9.17) is 5.73 Å². The summed E-state index contributed by atoms with van der Waals surface area (Å²) in [6.45, 7) is 2.52. The molecule has 0 aromatic heterocycles. The van der Waals surface area contributed by atoms with Gasteiger partial charge in [-0.15, -0.1) is 0 Å². The highest BCUT2D eigenvalue weighted by Crippen LogP contribution is 2.13. The molecule has 18 heavy (non-hydrogen) atoms. The van der Waals surface area contributed by atoms with Gasteiger partial charge in [-0.1, -0.05) is 19.1 Å². The Kier molecular flexibility index (Phi) is 5.16. The Balaban J connectivity index is 2.64. The molecule has 0 radical (unpaired) electrons. The van der Waals surface area contributed by atoms with Crippen molar-refractivity contribution in [2.45, 2.75) is 25.9 Å². The summed E-state index contributed by atoms with van der Waals surface area (Å²) in [5.41, 5.74) is 8.00. The number of amides is 1. The molecule has 0 aliphatic heterocycles. The maximum atomic E-state index is 11.8. The zero-order valence-corrected chi connectivity index (χ0v) is 11.7. The third-order valence-electron chi connectivity index (χ3n) is 3.01. The van der Waals surface area contributed by atoms with Gasteiger partial charge in [0.05, 0.1) is 6.04 Å². The fraction of sp³-hybridized carbons (Fsp3) is 0.500. The van der Waals surface area contributed by atoms with Gasteiger partial charge in [0.25, 0.3) is 0 Å². The molecule has 4 heteroatoms. The second-order valence-corrected chi connectivity index (χ2v) is 4.77. The van der Waals surface area contributed by atoms with Crippen molar-refractivity contribution in [3.05, 3.63) is 29.8 Å². The second kappa shape index (κ2) is 6.40. The average Bonchev–Trinajstić information content (AvgIpc) is 2.37. The van der Waals surface area contributed by atoms with Gasteiger partial charge in [0.1, 0.15) is 0 Å². The molecular weight excluding hydrogens is 226 g/mol. The Bertz CT molecular complexity index is 387. The molecule has 0 fully saturated rings. The van der Waals surface area contributed by atoms with Crippen LogP contribution in [-0.4, -0.2) is 38.0 Å². The van der Waals surface area contributed by atoms with Gasteiger partial charge < -0.3 is 15.5 Å². The molecule has 1 aromatic rings. The van der Waals surface area contributed by atoms with E-state index in [2.05, 4.69) is 0 Å². The van der Waals surface area contributed by atoms with Crippen LogP contribution in [0.25, 0.3) is 0 Å². The summed E-state index contributed by atoms with van der Waals surface area (Å²) in [5, 5.41) is 0. The molecule has 2 N–H and O–H groups in total. The molecule has 0 saturated carbocycles. The van der Waals surface area contributed by atoms with E-state index in [1.165, 1.54) is 0 Å². The van der Waals surface area contributed by atoms with Crippen LogP contribution in [0, 0.1) is 0 Å². The first-order valence-corrected chi connectivity index (χ1v) is 6.22. The number of rotatable bonds is 5. The molecule has 0 saturated heterocycles. The molecular formula is C14H23N3O. The fourth-order valence-corrected chi connectivity index (χ4v) is 1.71. The van der Waals surface area contributed by atoms with Gasteiger partial charge in [-0.3, -0.25) is 4.79 Å². The number of hydrogen-bond donors (Lipinski definition) is 1. The number of carbonyl (C=O) groups excluding carboxylic acids is 1. The van der Waals surface area contributed by atoms with Gasteiger partial charge in [0.2, 0.25) is 5.91 Å². The zero-order valence-electron chi connectivity index (χ0n) is 11.7. The third-order valence-corrected chi connectivity index (χ3v) is 3.01. The van der Waals surface area contributed by atoms with E-state index in [1.807, 2.05) is 50.2 Å². The Labute approximate surface area is 109 Å². The van der Waals surface area contributed by atoms with Crippen molar-refractivity contribution in [3.8, 4) is 0 Å². The predicted octanol–water partition coefficient (Wildman–Crippen LogP) is 1.45. The molecule has 1 aromatic carbocycles. The normalized spacial score (nSPS) is 12.1. The molecule has 4 nitrogen and oxygen atoms in total.